The molecule has 0 N–H and O–H groups in total. The van der Waals surface area contributed by atoms with Crippen LogP contribution in [-0.2, 0) is 4.79 Å². The average molecular weight is 280 g/mol. The van der Waals surface area contributed by atoms with Crippen molar-refractivity contribution in [3.05, 3.63) is 12.2 Å². The van der Waals surface area contributed by atoms with Crippen LogP contribution in [0.4, 0.5) is 0 Å². The van der Waals surface area contributed by atoms with Gasteiger partial charge in [-0.05, 0) is 12.8 Å². The van der Waals surface area contributed by atoms with Crippen LogP contribution in [0.1, 0.15) is 103 Å². The summed E-state index contributed by atoms with van der Waals surface area (Å²) in [5.41, 5.74) is 0. The van der Waals surface area contributed by atoms with Gasteiger partial charge in [-0.25, -0.2) is 0 Å². The van der Waals surface area contributed by atoms with Gasteiger partial charge < -0.3 is 4.79 Å². The predicted molar refractivity (Wildman–Crippen MR) is 90.1 cm³/mol. The van der Waals surface area contributed by atoms with Crippen molar-refractivity contribution in [2.24, 2.45) is 0 Å². The van der Waals surface area contributed by atoms with Gasteiger partial charge in [0.15, 0.2) is 0 Å². The molecule has 0 saturated heterocycles. The summed E-state index contributed by atoms with van der Waals surface area (Å²) in [7, 11) is 0. The van der Waals surface area contributed by atoms with E-state index in [9.17, 15) is 4.79 Å². The molecule has 0 aromatic rings. The summed E-state index contributed by atoms with van der Waals surface area (Å²) < 4.78 is 0. The average Bonchev–Trinajstić information content (AvgIpc) is 2.47. The molecule has 0 rings (SSSR count). The Kier molecular flexibility index (Phi) is 17.9. The van der Waals surface area contributed by atoms with E-state index in [0.717, 1.165) is 12.7 Å². The van der Waals surface area contributed by atoms with E-state index in [4.69, 9.17) is 0 Å². The first kappa shape index (κ1) is 19.4. The third kappa shape index (κ3) is 17.4. The Morgan fingerprint density at radius 2 is 1.05 bits per heavy atom. The second-order valence-corrected chi connectivity index (χ2v) is 5.91. The van der Waals surface area contributed by atoms with Crippen LogP contribution >= 0.6 is 0 Å². The number of unbranched alkanes of at least 4 members (excludes halogenated alkanes) is 13. The summed E-state index contributed by atoms with van der Waals surface area (Å²) in [6, 6.07) is 0. The maximum absolute atomic E-state index is 10.1. The van der Waals surface area contributed by atoms with Gasteiger partial charge in [0.2, 0.25) is 0 Å². The highest BCUT2D eigenvalue weighted by Crippen LogP contribution is 2.12. The quantitative estimate of drug-likeness (QED) is 0.176. The van der Waals surface area contributed by atoms with Crippen molar-refractivity contribution in [2.75, 3.05) is 0 Å². The lowest BCUT2D eigenvalue weighted by Crippen LogP contribution is -1.82. The highest BCUT2D eigenvalue weighted by atomic mass is 16.1. The smallest absolute Gasteiger partial charge is 0.123 e. The number of carbonyl (C=O) groups is 1. The van der Waals surface area contributed by atoms with Crippen LogP contribution in [0.5, 0.6) is 0 Å². The van der Waals surface area contributed by atoms with Crippen LogP contribution in [0.3, 0.4) is 0 Å². The summed E-state index contributed by atoms with van der Waals surface area (Å²) in [6.45, 7) is 2.28. The first-order valence-corrected chi connectivity index (χ1v) is 9.00. The number of rotatable bonds is 16. The van der Waals surface area contributed by atoms with Crippen molar-refractivity contribution in [3.8, 4) is 0 Å². The van der Waals surface area contributed by atoms with Crippen LogP contribution in [0, 0.1) is 0 Å². The van der Waals surface area contributed by atoms with Crippen molar-refractivity contribution in [3.63, 3.8) is 0 Å². The Balaban J connectivity index is 2.97. The monoisotopic (exact) mass is 280 g/mol. The third-order valence-electron chi connectivity index (χ3n) is 3.87. The molecular formula is C19H36O. The van der Waals surface area contributed by atoms with E-state index in [1.54, 1.807) is 0 Å². The second-order valence-electron chi connectivity index (χ2n) is 5.91. The van der Waals surface area contributed by atoms with Crippen molar-refractivity contribution in [1.82, 2.24) is 0 Å². The van der Waals surface area contributed by atoms with Gasteiger partial charge in [0.25, 0.3) is 0 Å². The summed E-state index contributed by atoms with van der Waals surface area (Å²) in [5.74, 6) is 0. The van der Waals surface area contributed by atoms with E-state index < -0.39 is 0 Å². The Labute approximate surface area is 127 Å². The molecule has 20 heavy (non-hydrogen) atoms. The van der Waals surface area contributed by atoms with Gasteiger partial charge in [-0.2, -0.15) is 0 Å². The molecule has 0 radical (unpaired) electrons. The van der Waals surface area contributed by atoms with Crippen LogP contribution in [0.2, 0.25) is 0 Å². The summed E-state index contributed by atoms with van der Waals surface area (Å²) >= 11 is 0. The summed E-state index contributed by atoms with van der Waals surface area (Å²) in [4.78, 5) is 10.1. The SMILES string of the molecule is CCCCCCCCCCCCCCCC=CCC=O. The molecule has 0 atom stereocenters. The van der Waals surface area contributed by atoms with E-state index in [1.807, 2.05) is 6.08 Å². The molecule has 1 nitrogen and oxygen atoms in total. The molecule has 0 amide bonds. The minimum absolute atomic E-state index is 0.582. The van der Waals surface area contributed by atoms with Gasteiger partial charge in [0.1, 0.15) is 6.29 Å². The predicted octanol–water partition coefficient (Wildman–Crippen LogP) is 6.61. The molecule has 0 spiro atoms. The number of hydrogen-bond donors (Lipinski definition) is 0. The topological polar surface area (TPSA) is 17.1 Å². The van der Waals surface area contributed by atoms with Gasteiger partial charge in [0.05, 0.1) is 0 Å². The van der Waals surface area contributed by atoms with E-state index in [0.29, 0.717) is 6.42 Å². The summed E-state index contributed by atoms with van der Waals surface area (Å²) in [5, 5.41) is 0. The molecule has 0 aliphatic rings. The maximum atomic E-state index is 10.1. The molecule has 0 fully saturated rings. The van der Waals surface area contributed by atoms with E-state index in [1.165, 1.54) is 83.5 Å². The fourth-order valence-corrected chi connectivity index (χ4v) is 2.55. The lowest BCUT2D eigenvalue weighted by molar-refractivity contribution is -0.107. The zero-order valence-electron chi connectivity index (χ0n) is 13.7. The normalized spacial score (nSPS) is 11.2. The lowest BCUT2D eigenvalue weighted by Gasteiger charge is -2.02. The molecule has 0 aliphatic carbocycles. The molecule has 0 heterocycles. The van der Waals surface area contributed by atoms with Gasteiger partial charge >= 0.3 is 0 Å². The highest BCUT2D eigenvalue weighted by molar-refractivity contribution is 5.51. The first-order valence-electron chi connectivity index (χ1n) is 9.00. The molecule has 118 valence electrons. The van der Waals surface area contributed by atoms with Gasteiger partial charge in [-0.3, -0.25) is 0 Å². The molecule has 1 heteroatoms. The largest absolute Gasteiger partial charge is 0.303 e. The van der Waals surface area contributed by atoms with Gasteiger partial charge in [0, 0.05) is 6.42 Å². The number of hydrogen-bond acceptors (Lipinski definition) is 1. The van der Waals surface area contributed by atoms with E-state index in [-0.39, 0.29) is 0 Å². The fraction of sp³-hybridized carbons (Fsp3) is 0.842. The molecule has 0 aromatic carbocycles. The molecule has 0 bridgehead atoms. The minimum atomic E-state index is 0.582. The van der Waals surface area contributed by atoms with Crippen molar-refractivity contribution in [1.29, 1.82) is 0 Å². The van der Waals surface area contributed by atoms with Crippen LogP contribution < -0.4 is 0 Å². The highest BCUT2D eigenvalue weighted by Gasteiger charge is 1.93. The first-order chi connectivity index (χ1) is 9.91. The number of allylic oxidation sites excluding steroid dienone is 2. The molecule has 0 aliphatic heterocycles. The summed E-state index contributed by atoms with van der Waals surface area (Å²) in [6.07, 6.45) is 25.1. The Hall–Kier alpha value is -0.590. The zero-order valence-corrected chi connectivity index (χ0v) is 13.7. The molecular weight excluding hydrogens is 244 g/mol. The van der Waals surface area contributed by atoms with E-state index in [2.05, 4.69) is 13.0 Å². The zero-order chi connectivity index (χ0) is 14.7. The second kappa shape index (κ2) is 18.4. The lowest BCUT2D eigenvalue weighted by atomic mass is 10.0. The molecule has 0 saturated carbocycles. The standard InChI is InChI=1S/C19H36O/c1-2-3-4-5-6-7-8-9-10-11-12-13-14-15-16-17-18-19-20/h16-17,19H,2-15,18H2,1H3. The van der Waals surface area contributed by atoms with Crippen molar-refractivity contribution in [2.45, 2.75) is 103 Å². The minimum Gasteiger partial charge on any atom is -0.303 e. The third-order valence-corrected chi connectivity index (χ3v) is 3.87. The number of aldehydes is 1. The fourth-order valence-electron chi connectivity index (χ4n) is 2.55. The molecule has 0 aromatic heterocycles. The van der Waals surface area contributed by atoms with Crippen molar-refractivity contribution >= 4 is 6.29 Å². The van der Waals surface area contributed by atoms with Gasteiger partial charge in [-0.1, -0.05) is 96.1 Å². The number of carbonyl (C=O) groups excluding carboxylic acids is 1. The van der Waals surface area contributed by atoms with Gasteiger partial charge in [-0.15, -0.1) is 0 Å². The molecule has 0 unspecified atom stereocenters. The van der Waals surface area contributed by atoms with Crippen LogP contribution in [-0.4, -0.2) is 6.29 Å². The van der Waals surface area contributed by atoms with Crippen molar-refractivity contribution < 1.29 is 4.79 Å². The Morgan fingerprint density at radius 1 is 0.600 bits per heavy atom. The Bertz CT molecular complexity index is 208. The maximum Gasteiger partial charge on any atom is 0.123 e. The Morgan fingerprint density at radius 3 is 1.50 bits per heavy atom. The van der Waals surface area contributed by atoms with Crippen LogP contribution in [0.15, 0.2) is 12.2 Å². The van der Waals surface area contributed by atoms with E-state index >= 15 is 0 Å². The van der Waals surface area contributed by atoms with Crippen LogP contribution in [0.25, 0.3) is 0 Å².